The number of amides is 1. The maximum atomic E-state index is 12.3. The Labute approximate surface area is 145 Å². The molecule has 0 fully saturated rings. The number of pyridine rings is 1. The summed E-state index contributed by atoms with van der Waals surface area (Å²) in [5.41, 5.74) is 8.73. The average Bonchev–Trinajstić information content (AvgIpc) is 2.55. The summed E-state index contributed by atoms with van der Waals surface area (Å²) in [6.45, 7) is 4.01. The number of aliphatic imine (C=N–C) groups is 1. The monoisotopic (exact) mass is 340 g/mol. The van der Waals surface area contributed by atoms with Crippen molar-refractivity contribution >= 4 is 28.5 Å². The van der Waals surface area contributed by atoms with E-state index < -0.39 is 0 Å². The van der Waals surface area contributed by atoms with E-state index in [0.29, 0.717) is 10.9 Å². The lowest BCUT2D eigenvalue weighted by Gasteiger charge is -2.30. The minimum atomic E-state index is -0.349. The van der Waals surface area contributed by atoms with E-state index in [0.717, 1.165) is 29.0 Å². The first kappa shape index (κ1) is 16.5. The zero-order valence-corrected chi connectivity index (χ0v) is 14.6. The van der Waals surface area contributed by atoms with Crippen molar-refractivity contribution < 1.29 is 4.79 Å². The molecule has 24 heavy (non-hydrogen) atoms. The lowest BCUT2D eigenvalue weighted by Crippen LogP contribution is -2.28. The van der Waals surface area contributed by atoms with Crippen LogP contribution in [0.5, 0.6) is 0 Å². The highest BCUT2D eigenvalue weighted by Gasteiger charge is 2.29. The molecular weight excluding hydrogens is 320 g/mol. The van der Waals surface area contributed by atoms with E-state index >= 15 is 0 Å². The van der Waals surface area contributed by atoms with Crippen molar-refractivity contribution in [2.45, 2.75) is 25.8 Å². The topological polar surface area (TPSA) is 80.4 Å². The molecule has 1 atom stereocenters. The number of carbonyl (C=O) groups is 1. The van der Waals surface area contributed by atoms with E-state index in [1.807, 2.05) is 37.3 Å². The number of nitrogens with zero attached hydrogens (tertiary/aromatic N) is 2. The Morgan fingerprint density at radius 2 is 2.17 bits per heavy atom. The quantitative estimate of drug-likeness (QED) is 0.898. The molecule has 5 nitrogen and oxygen atoms in total. The number of hydrogen-bond acceptors (Lipinski definition) is 5. The fourth-order valence-electron chi connectivity index (χ4n) is 2.62. The second kappa shape index (κ2) is 6.65. The van der Waals surface area contributed by atoms with Gasteiger partial charge in [-0.3, -0.25) is 14.8 Å². The van der Waals surface area contributed by atoms with Crippen LogP contribution in [0, 0.1) is 6.92 Å². The van der Waals surface area contributed by atoms with Gasteiger partial charge in [-0.05, 0) is 49.6 Å². The number of thioether (sulfide) groups is 1. The normalized spacial score (nSPS) is 20.3. The van der Waals surface area contributed by atoms with Crippen molar-refractivity contribution in [3.05, 3.63) is 59.4 Å². The van der Waals surface area contributed by atoms with Gasteiger partial charge in [-0.2, -0.15) is 0 Å². The number of hydrogen-bond donors (Lipinski definition) is 2. The maximum Gasteiger partial charge on any atom is 0.274 e. The third kappa shape index (κ3) is 3.59. The molecule has 124 valence electrons. The molecule has 0 radical (unpaired) electrons. The number of anilines is 1. The van der Waals surface area contributed by atoms with Crippen LogP contribution in [-0.4, -0.2) is 21.8 Å². The largest absolute Gasteiger partial charge is 0.379 e. The van der Waals surface area contributed by atoms with Crippen molar-refractivity contribution in [3.63, 3.8) is 0 Å². The van der Waals surface area contributed by atoms with Crippen LogP contribution >= 0.6 is 11.8 Å². The molecule has 0 aliphatic carbocycles. The van der Waals surface area contributed by atoms with Gasteiger partial charge in [-0.25, -0.2) is 0 Å². The second-order valence-electron chi connectivity index (χ2n) is 6.08. The summed E-state index contributed by atoms with van der Waals surface area (Å²) in [5.74, 6) is 0.718. The first-order valence-corrected chi connectivity index (χ1v) is 8.77. The van der Waals surface area contributed by atoms with Gasteiger partial charge in [0.15, 0.2) is 5.17 Å². The predicted molar refractivity (Wildman–Crippen MR) is 99.4 cm³/mol. The van der Waals surface area contributed by atoms with Gasteiger partial charge in [0.1, 0.15) is 5.69 Å². The fraction of sp³-hybridized carbons (Fsp3) is 0.278. The Balaban J connectivity index is 1.82. The Kier molecular flexibility index (Phi) is 4.57. The van der Waals surface area contributed by atoms with Gasteiger partial charge < -0.3 is 11.1 Å². The van der Waals surface area contributed by atoms with Gasteiger partial charge in [-0.1, -0.05) is 30.0 Å². The summed E-state index contributed by atoms with van der Waals surface area (Å²) in [4.78, 5) is 21.1. The highest BCUT2D eigenvalue weighted by atomic mass is 32.2. The Morgan fingerprint density at radius 3 is 2.88 bits per heavy atom. The van der Waals surface area contributed by atoms with Gasteiger partial charge in [0.2, 0.25) is 0 Å². The molecule has 1 aliphatic heterocycles. The molecule has 1 aliphatic rings. The van der Waals surface area contributed by atoms with E-state index in [1.165, 1.54) is 0 Å². The molecule has 1 unspecified atom stereocenters. The highest BCUT2D eigenvalue weighted by Crippen LogP contribution is 2.35. The second-order valence-corrected chi connectivity index (χ2v) is 7.19. The molecule has 1 aromatic carbocycles. The van der Waals surface area contributed by atoms with Crippen LogP contribution in [0.3, 0.4) is 0 Å². The summed E-state index contributed by atoms with van der Waals surface area (Å²) >= 11 is 1.58. The third-order valence-electron chi connectivity index (χ3n) is 4.08. The lowest BCUT2D eigenvalue weighted by atomic mass is 9.89. The van der Waals surface area contributed by atoms with E-state index in [4.69, 9.17) is 5.73 Å². The minimum absolute atomic E-state index is 0.223. The van der Waals surface area contributed by atoms with Gasteiger partial charge >= 0.3 is 0 Å². The lowest BCUT2D eigenvalue weighted by molar-refractivity contribution is 0.102. The van der Waals surface area contributed by atoms with Gasteiger partial charge in [0.25, 0.3) is 5.91 Å². The zero-order valence-electron chi connectivity index (χ0n) is 13.7. The SMILES string of the molecule is Cc1ccc(C(=O)Nc2cccc(C3(C)CCSC(N)=N3)c2)nc1. The number of benzene rings is 1. The van der Waals surface area contributed by atoms with Crippen LogP contribution < -0.4 is 11.1 Å². The third-order valence-corrected chi connectivity index (χ3v) is 4.88. The number of aromatic nitrogens is 1. The van der Waals surface area contributed by atoms with Crippen LogP contribution in [0.15, 0.2) is 47.6 Å². The van der Waals surface area contributed by atoms with Gasteiger partial charge in [-0.15, -0.1) is 0 Å². The predicted octanol–water partition coefficient (Wildman–Crippen LogP) is 3.31. The molecule has 2 heterocycles. The highest BCUT2D eigenvalue weighted by molar-refractivity contribution is 8.13. The number of rotatable bonds is 3. The molecule has 1 amide bonds. The van der Waals surface area contributed by atoms with Crippen LogP contribution in [0.4, 0.5) is 5.69 Å². The molecule has 0 bridgehead atoms. The molecule has 0 saturated carbocycles. The summed E-state index contributed by atoms with van der Waals surface area (Å²) in [6.07, 6.45) is 2.60. The van der Waals surface area contributed by atoms with Crippen LogP contribution in [0.25, 0.3) is 0 Å². The standard InChI is InChI=1S/C18H20N4OS/c1-12-6-7-15(20-11-12)16(23)21-14-5-3-4-13(10-14)18(2)8-9-24-17(19)22-18/h3-7,10-11H,8-9H2,1-2H3,(H2,19,22)(H,21,23). The van der Waals surface area contributed by atoms with Gasteiger partial charge in [0.05, 0.1) is 5.54 Å². The van der Waals surface area contributed by atoms with E-state index in [-0.39, 0.29) is 11.4 Å². The Hall–Kier alpha value is -2.34. The van der Waals surface area contributed by atoms with E-state index in [9.17, 15) is 4.79 Å². The molecule has 0 saturated heterocycles. The molecular formula is C18H20N4OS. The van der Waals surface area contributed by atoms with Crippen molar-refractivity contribution in [1.82, 2.24) is 4.98 Å². The van der Waals surface area contributed by atoms with Crippen LogP contribution in [0.1, 0.15) is 35.0 Å². The van der Waals surface area contributed by atoms with Crippen molar-refractivity contribution in [2.75, 3.05) is 11.1 Å². The Morgan fingerprint density at radius 1 is 1.33 bits per heavy atom. The number of aryl methyl sites for hydroxylation is 1. The number of amidine groups is 1. The minimum Gasteiger partial charge on any atom is -0.379 e. The molecule has 6 heteroatoms. The maximum absolute atomic E-state index is 12.3. The van der Waals surface area contributed by atoms with Crippen LogP contribution in [-0.2, 0) is 5.54 Å². The average molecular weight is 340 g/mol. The van der Waals surface area contributed by atoms with E-state index in [1.54, 1.807) is 24.0 Å². The number of carbonyl (C=O) groups excluding carboxylic acids is 1. The Bertz CT molecular complexity index is 788. The zero-order chi connectivity index (χ0) is 17.2. The smallest absolute Gasteiger partial charge is 0.274 e. The van der Waals surface area contributed by atoms with Gasteiger partial charge in [0, 0.05) is 17.6 Å². The van der Waals surface area contributed by atoms with Crippen LogP contribution in [0.2, 0.25) is 0 Å². The summed E-state index contributed by atoms with van der Waals surface area (Å²) in [5, 5.41) is 3.51. The van der Waals surface area contributed by atoms with E-state index in [2.05, 4.69) is 22.2 Å². The first-order valence-electron chi connectivity index (χ1n) is 7.79. The van der Waals surface area contributed by atoms with Crippen molar-refractivity contribution in [3.8, 4) is 0 Å². The summed E-state index contributed by atoms with van der Waals surface area (Å²) < 4.78 is 0. The molecule has 2 aromatic rings. The number of nitrogens with one attached hydrogen (secondary N) is 1. The fourth-order valence-corrected chi connectivity index (χ4v) is 3.60. The van der Waals surface area contributed by atoms with Crippen molar-refractivity contribution in [2.24, 2.45) is 10.7 Å². The molecule has 3 N–H and O–H groups in total. The molecule has 1 aromatic heterocycles. The molecule has 3 rings (SSSR count). The molecule has 0 spiro atoms. The first-order chi connectivity index (χ1) is 11.5. The number of nitrogens with two attached hydrogens (primary N) is 1. The van der Waals surface area contributed by atoms with Crippen molar-refractivity contribution in [1.29, 1.82) is 0 Å². The summed E-state index contributed by atoms with van der Waals surface area (Å²) in [6, 6.07) is 11.4. The summed E-state index contributed by atoms with van der Waals surface area (Å²) in [7, 11) is 0.